The summed E-state index contributed by atoms with van der Waals surface area (Å²) in [7, 11) is -1.39. The Hall–Kier alpha value is -0.130. The van der Waals surface area contributed by atoms with Crippen LogP contribution in [0, 0.1) is 12.3 Å². The van der Waals surface area contributed by atoms with Crippen LogP contribution in [0.4, 0.5) is 0 Å². The minimum absolute atomic E-state index is 0.206. The van der Waals surface area contributed by atoms with E-state index in [2.05, 4.69) is 5.92 Å². The van der Waals surface area contributed by atoms with Crippen LogP contribution in [0.3, 0.4) is 0 Å². The molecule has 15 heavy (non-hydrogen) atoms. The fraction of sp³-hybridized carbons (Fsp3) is 0.818. The Balaban J connectivity index is 4.26. The van der Waals surface area contributed by atoms with Crippen molar-refractivity contribution >= 4 is 8.60 Å². The third kappa shape index (κ3) is 10.2. The van der Waals surface area contributed by atoms with Crippen LogP contribution >= 0.6 is 8.60 Å². The van der Waals surface area contributed by atoms with Crippen molar-refractivity contribution in [1.82, 2.24) is 0 Å². The van der Waals surface area contributed by atoms with Gasteiger partial charge in [-0.2, -0.15) is 0 Å². The Kier molecular flexibility index (Phi) is 5.77. The van der Waals surface area contributed by atoms with Crippen molar-refractivity contribution in [3.63, 3.8) is 0 Å². The Morgan fingerprint density at radius 1 is 1.00 bits per heavy atom. The van der Waals surface area contributed by atoms with Gasteiger partial charge in [0.2, 0.25) is 0 Å². The Morgan fingerprint density at radius 3 is 1.67 bits per heavy atom. The lowest BCUT2D eigenvalue weighted by Gasteiger charge is -2.29. The third-order valence-electron chi connectivity index (χ3n) is 0.950. The predicted molar refractivity (Wildman–Crippen MR) is 63.4 cm³/mol. The standard InChI is InChI=1S/C11H21O3P/c1-8-9-12-15(13-10(2,3)4)14-11(5,6)7/h1H,9H2,2-7H3. The quantitative estimate of drug-likeness (QED) is 0.548. The van der Waals surface area contributed by atoms with Crippen LogP contribution in [0.5, 0.6) is 0 Å². The van der Waals surface area contributed by atoms with Gasteiger partial charge in [0.05, 0.1) is 11.2 Å². The van der Waals surface area contributed by atoms with E-state index in [1.165, 1.54) is 0 Å². The van der Waals surface area contributed by atoms with Gasteiger partial charge in [-0.25, -0.2) is 0 Å². The smallest absolute Gasteiger partial charge is 0.306 e. The second-order valence-electron chi connectivity index (χ2n) is 5.11. The molecule has 0 saturated carbocycles. The number of hydrogen-bond acceptors (Lipinski definition) is 3. The van der Waals surface area contributed by atoms with Crippen LogP contribution in [-0.2, 0) is 13.6 Å². The molecule has 4 heteroatoms. The van der Waals surface area contributed by atoms with Gasteiger partial charge in [-0.1, -0.05) is 5.92 Å². The summed E-state index contributed by atoms with van der Waals surface area (Å²) in [6.07, 6.45) is 5.13. The minimum atomic E-state index is -1.39. The van der Waals surface area contributed by atoms with Crippen LogP contribution in [-0.4, -0.2) is 17.8 Å². The summed E-state index contributed by atoms with van der Waals surface area (Å²) in [6.45, 7) is 11.9. The van der Waals surface area contributed by atoms with Gasteiger partial charge in [-0.05, 0) is 41.5 Å². The van der Waals surface area contributed by atoms with Gasteiger partial charge in [0.25, 0.3) is 0 Å². The summed E-state index contributed by atoms with van der Waals surface area (Å²) in [5, 5.41) is 0. The van der Waals surface area contributed by atoms with E-state index in [4.69, 9.17) is 20.0 Å². The van der Waals surface area contributed by atoms with Crippen LogP contribution in [0.15, 0.2) is 0 Å². The Labute approximate surface area is 94.5 Å². The highest BCUT2D eigenvalue weighted by Gasteiger charge is 2.26. The maximum atomic E-state index is 5.64. The molecule has 0 aromatic heterocycles. The highest BCUT2D eigenvalue weighted by Crippen LogP contribution is 2.46. The molecule has 3 nitrogen and oxygen atoms in total. The highest BCUT2D eigenvalue weighted by atomic mass is 31.2. The average Bonchev–Trinajstić information content (AvgIpc) is 1.94. The van der Waals surface area contributed by atoms with Crippen molar-refractivity contribution in [1.29, 1.82) is 0 Å². The summed E-state index contributed by atoms with van der Waals surface area (Å²) in [5.41, 5.74) is -0.600. The second-order valence-corrected chi connectivity index (χ2v) is 6.18. The SMILES string of the molecule is C#CCOP(OC(C)(C)C)OC(C)(C)C. The van der Waals surface area contributed by atoms with E-state index in [0.29, 0.717) is 0 Å². The zero-order valence-corrected chi connectivity index (χ0v) is 11.4. The average molecular weight is 232 g/mol. The summed E-state index contributed by atoms with van der Waals surface area (Å²) in [4.78, 5) is 0. The fourth-order valence-electron chi connectivity index (χ4n) is 0.609. The monoisotopic (exact) mass is 232 g/mol. The predicted octanol–water partition coefficient (Wildman–Crippen LogP) is 3.49. The second kappa shape index (κ2) is 5.82. The lowest BCUT2D eigenvalue weighted by molar-refractivity contribution is 0.0368. The first-order chi connectivity index (χ1) is 6.64. The number of terminal acetylenes is 1. The molecule has 0 rings (SSSR count). The molecule has 0 aromatic rings. The van der Waals surface area contributed by atoms with Gasteiger partial charge in [-0.15, -0.1) is 6.42 Å². The summed E-state index contributed by atoms with van der Waals surface area (Å²) in [5.74, 6) is 2.40. The zero-order chi connectivity index (χ0) is 12.1. The van der Waals surface area contributed by atoms with Gasteiger partial charge < -0.3 is 9.05 Å². The van der Waals surface area contributed by atoms with Gasteiger partial charge in [0, 0.05) is 0 Å². The topological polar surface area (TPSA) is 27.7 Å². The molecule has 88 valence electrons. The summed E-state index contributed by atoms with van der Waals surface area (Å²) >= 11 is 0. The molecular weight excluding hydrogens is 211 g/mol. The van der Waals surface area contributed by atoms with Gasteiger partial charge in [-0.3, -0.25) is 4.52 Å². The van der Waals surface area contributed by atoms with E-state index in [0.717, 1.165) is 0 Å². The van der Waals surface area contributed by atoms with Gasteiger partial charge in [0.15, 0.2) is 0 Å². The number of hydrogen-bond donors (Lipinski definition) is 0. The largest absolute Gasteiger partial charge is 0.334 e. The van der Waals surface area contributed by atoms with E-state index in [1.54, 1.807) is 0 Å². The normalized spacial score (nSPS) is 12.9. The molecule has 0 N–H and O–H groups in total. The van der Waals surface area contributed by atoms with Crippen LogP contribution in [0.2, 0.25) is 0 Å². The molecular formula is C11H21O3P. The molecule has 0 atom stereocenters. The summed E-state index contributed by atoms with van der Waals surface area (Å²) in [6, 6.07) is 0. The van der Waals surface area contributed by atoms with Gasteiger partial charge >= 0.3 is 8.60 Å². The molecule has 0 saturated heterocycles. The molecule has 0 fully saturated rings. The van der Waals surface area contributed by atoms with Crippen LogP contribution in [0.1, 0.15) is 41.5 Å². The van der Waals surface area contributed by atoms with Crippen molar-refractivity contribution in [2.75, 3.05) is 6.61 Å². The number of rotatable bonds is 4. The molecule has 0 aliphatic rings. The molecule has 0 heterocycles. The van der Waals surface area contributed by atoms with Crippen molar-refractivity contribution in [2.45, 2.75) is 52.7 Å². The first-order valence-corrected chi connectivity index (χ1v) is 5.98. The van der Waals surface area contributed by atoms with E-state index in [1.807, 2.05) is 41.5 Å². The fourth-order valence-corrected chi connectivity index (χ4v) is 1.83. The highest BCUT2D eigenvalue weighted by molar-refractivity contribution is 7.41. The lowest BCUT2D eigenvalue weighted by atomic mass is 10.2. The van der Waals surface area contributed by atoms with E-state index >= 15 is 0 Å². The van der Waals surface area contributed by atoms with Crippen molar-refractivity contribution in [2.24, 2.45) is 0 Å². The molecule has 0 amide bonds. The minimum Gasteiger partial charge on any atom is -0.306 e. The van der Waals surface area contributed by atoms with Crippen molar-refractivity contribution in [3.05, 3.63) is 0 Å². The van der Waals surface area contributed by atoms with Crippen LogP contribution in [0.25, 0.3) is 0 Å². The van der Waals surface area contributed by atoms with E-state index in [-0.39, 0.29) is 17.8 Å². The maximum absolute atomic E-state index is 5.64. The Bertz CT molecular complexity index is 203. The molecule has 0 unspecified atom stereocenters. The zero-order valence-electron chi connectivity index (χ0n) is 10.5. The first kappa shape index (κ1) is 14.9. The van der Waals surface area contributed by atoms with Gasteiger partial charge in [0.1, 0.15) is 6.61 Å². The molecule has 0 aromatic carbocycles. The molecule has 0 aliphatic heterocycles. The summed E-state index contributed by atoms with van der Waals surface area (Å²) < 4.78 is 16.6. The van der Waals surface area contributed by atoms with E-state index < -0.39 is 8.60 Å². The molecule has 0 radical (unpaired) electrons. The maximum Gasteiger partial charge on any atom is 0.334 e. The molecule has 0 bridgehead atoms. The Morgan fingerprint density at radius 2 is 1.40 bits per heavy atom. The van der Waals surface area contributed by atoms with Crippen LogP contribution < -0.4 is 0 Å². The van der Waals surface area contributed by atoms with Crippen molar-refractivity contribution in [3.8, 4) is 12.3 Å². The molecule has 0 spiro atoms. The molecule has 0 aliphatic carbocycles. The van der Waals surface area contributed by atoms with Crippen molar-refractivity contribution < 1.29 is 13.6 Å². The first-order valence-electron chi connectivity index (χ1n) is 4.89. The third-order valence-corrected chi connectivity index (χ3v) is 2.68. The lowest BCUT2D eigenvalue weighted by Crippen LogP contribution is -2.22. The van der Waals surface area contributed by atoms with E-state index in [9.17, 15) is 0 Å².